The van der Waals surface area contributed by atoms with Crippen LogP contribution in [0.3, 0.4) is 0 Å². The molecule has 0 saturated carbocycles. The standard InChI is InChI=1S/C7H12N4O2/c1-5(6(12)13-2)3-8-7-9-4-10-11-7/h4-5H,3H2,1-2H3,(H2,8,9,10,11). The summed E-state index contributed by atoms with van der Waals surface area (Å²) in [4.78, 5) is 14.8. The van der Waals surface area contributed by atoms with Gasteiger partial charge in [-0.05, 0) is 0 Å². The van der Waals surface area contributed by atoms with Crippen LogP contribution in [0.1, 0.15) is 6.92 Å². The van der Waals surface area contributed by atoms with Crippen LogP contribution in [0.4, 0.5) is 5.95 Å². The summed E-state index contributed by atoms with van der Waals surface area (Å²) in [6.07, 6.45) is 1.39. The third-order valence-corrected chi connectivity index (χ3v) is 1.59. The summed E-state index contributed by atoms with van der Waals surface area (Å²) in [7, 11) is 1.37. The number of hydrogen-bond acceptors (Lipinski definition) is 5. The molecule has 0 aliphatic carbocycles. The Labute approximate surface area is 75.7 Å². The number of carbonyl (C=O) groups excluding carboxylic acids is 1. The number of aromatic nitrogens is 3. The minimum Gasteiger partial charge on any atom is -0.469 e. The molecule has 72 valence electrons. The van der Waals surface area contributed by atoms with E-state index >= 15 is 0 Å². The van der Waals surface area contributed by atoms with Gasteiger partial charge in [0.25, 0.3) is 0 Å². The van der Waals surface area contributed by atoms with Gasteiger partial charge in [0.1, 0.15) is 6.33 Å². The van der Waals surface area contributed by atoms with Crippen molar-refractivity contribution >= 4 is 11.9 Å². The molecule has 0 saturated heterocycles. The highest BCUT2D eigenvalue weighted by Gasteiger charge is 2.12. The predicted octanol–water partition coefficient (Wildman–Crippen LogP) is 0.0257. The zero-order chi connectivity index (χ0) is 9.68. The van der Waals surface area contributed by atoms with Crippen molar-refractivity contribution in [2.75, 3.05) is 19.0 Å². The van der Waals surface area contributed by atoms with Crippen LogP contribution in [0.2, 0.25) is 0 Å². The zero-order valence-electron chi connectivity index (χ0n) is 7.57. The van der Waals surface area contributed by atoms with Crippen molar-refractivity contribution in [1.29, 1.82) is 0 Å². The molecule has 0 amide bonds. The topological polar surface area (TPSA) is 79.9 Å². The lowest BCUT2D eigenvalue weighted by Gasteiger charge is -2.08. The summed E-state index contributed by atoms with van der Waals surface area (Å²) >= 11 is 0. The Kier molecular flexibility index (Phi) is 3.24. The van der Waals surface area contributed by atoms with Crippen LogP contribution in [0, 0.1) is 5.92 Å². The van der Waals surface area contributed by atoms with Crippen molar-refractivity contribution in [1.82, 2.24) is 15.2 Å². The van der Waals surface area contributed by atoms with Gasteiger partial charge in [0.2, 0.25) is 5.95 Å². The fourth-order valence-electron chi connectivity index (χ4n) is 0.825. The second kappa shape index (κ2) is 4.44. The van der Waals surface area contributed by atoms with Crippen LogP contribution in [-0.2, 0) is 9.53 Å². The maximum absolute atomic E-state index is 11.0. The van der Waals surface area contributed by atoms with Gasteiger partial charge < -0.3 is 10.1 Å². The number of ether oxygens (including phenoxy) is 1. The molecule has 0 bridgehead atoms. The second-order valence-electron chi connectivity index (χ2n) is 2.64. The quantitative estimate of drug-likeness (QED) is 0.645. The lowest BCUT2D eigenvalue weighted by atomic mass is 10.2. The Hall–Kier alpha value is -1.59. The Morgan fingerprint density at radius 3 is 3.15 bits per heavy atom. The van der Waals surface area contributed by atoms with Crippen LogP contribution < -0.4 is 5.32 Å². The van der Waals surface area contributed by atoms with E-state index in [-0.39, 0.29) is 11.9 Å². The third kappa shape index (κ3) is 2.73. The predicted molar refractivity (Wildman–Crippen MR) is 46.1 cm³/mol. The highest BCUT2D eigenvalue weighted by molar-refractivity contribution is 5.72. The number of nitrogens with zero attached hydrogens (tertiary/aromatic N) is 2. The summed E-state index contributed by atoms with van der Waals surface area (Å²) in [6.45, 7) is 2.25. The molecule has 6 nitrogen and oxygen atoms in total. The normalized spacial score (nSPS) is 12.2. The van der Waals surface area contributed by atoms with Gasteiger partial charge in [-0.1, -0.05) is 6.92 Å². The molecule has 0 aliphatic rings. The molecule has 0 fully saturated rings. The molecule has 1 aromatic rings. The van der Waals surface area contributed by atoms with Crippen LogP contribution >= 0.6 is 0 Å². The van der Waals surface area contributed by atoms with Crippen LogP contribution in [0.25, 0.3) is 0 Å². The molecule has 0 radical (unpaired) electrons. The largest absolute Gasteiger partial charge is 0.469 e. The van der Waals surface area contributed by atoms with Crippen molar-refractivity contribution in [3.8, 4) is 0 Å². The molecule has 13 heavy (non-hydrogen) atoms. The molecule has 0 spiro atoms. The van der Waals surface area contributed by atoms with E-state index in [0.717, 1.165) is 0 Å². The van der Waals surface area contributed by atoms with Crippen LogP contribution in [0.5, 0.6) is 0 Å². The molecule has 2 N–H and O–H groups in total. The molecule has 6 heteroatoms. The molecule has 1 heterocycles. The second-order valence-corrected chi connectivity index (χ2v) is 2.64. The summed E-state index contributed by atoms with van der Waals surface area (Å²) in [5.41, 5.74) is 0. The first-order valence-electron chi connectivity index (χ1n) is 3.91. The van der Waals surface area contributed by atoms with Gasteiger partial charge in [-0.25, -0.2) is 10.1 Å². The number of carbonyl (C=O) groups is 1. The van der Waals surface area contributed by atoms with Gasteiger partial charge in [0.15, 0.2) is 0 Å². The Morgan fingerprint density at radius 1 is 1.85 bits per heavy atom. The number of rotatable bonds is 4. The lowest BCUT2D eigenvalue weighted by Crippen LogP contribution is -2.21. The van der Waals surface area contributed by atoms with Gasteiger partial charge in [-0.15, -0.1) is 0 Å². The van der Waals surface area contributed by atoms with Crippen LogP contribution in [-0.4, -0.2) is 34.8 Å². The minimum absolute atomic E-state index is 0.199. The number of anilines is 1. The average molecular weight is 184 g/mol. The third-order valence-electron chi connectivity index (χ3n) is 1.59. The molecule has 1 unspecified atom stereocenters. The minimum atomic E-state index is -0.244. The average Bonchev–Trinajstić information content (AvgIpc) is 2.65. The van der Waals surface area contributed by atoms with Gasteiger partial charge in [0, 0.05) is 6.54 Å². The van der Waals surface area contributed by atoms with E-state index in [9.17, 15) is 4.79 Å². The summed E-state index contributed by atoms with van der Waals surface area (Å²) in [5, 5.41) is 9.19. The van der Waals surface area contributed by atoms with Crippen molar-refractivity contribution in [2.24, 2.45) is 5.92 Å². The fourth-order valence-corrected chi connectivity index (χ4v) is 0.825. The van der Waals surface area contributed by atoms with Crippen molar-refractivity contribution in [3.63, 3.8) is 0 Å². The number of nitrogens with one attached hydrogen (secondary N) is 2. The Balaban J connectivity index is 2.30. The molecular weight excluding hydrogens is 172 g/mol. The molecule has 1 aromatic heterocycles. The number of hydrogen-bond donors (Lipinski definition) is 2. The van der Waals surface area contributed by atoms with Crippen molar-refractivity contribution in [3.05, 3.63) is 6.33 Å². The van der Waals surface area contributed by atoms with Gasteiger partial charge in [-0.3, -0.25) is 4.79 Å². The lowest BCUT2D eigenvalue weighted by molar-refractivity contribution is -0.144. The first-order chi connectivity index (χ1) is 6.24. The van der Waals surface area contributed by atoms with Crippen LogP contribution in [0.15, 0.2) is 6.33 Å². The number of H-pyrrole nitrogens is 1. The number of aromatic amines is 1. The van der Waals surface area contributed by atoms with E-state index in [0.29, 0.717) is 12.5 Å². The first-order valence-corrected chi connectivity index (χ1v) is 3.91. The highest BCUT2D eigenvalue weighted by atomic mass is 16.5. The molecule has 0 aliphatic heterocycles. The molecular formula is C7H12N4O2. The number of methoxy groups -OCH3 is 1. The maximum atomic E-state index is 11.0. The summed E-state index contributed by atoms with van der Waals surface area (Å²) in [5.74, 6) is 0.109. The van der Waals surface area contributed by atoms with E-state index in [1.54, 1.807) is 6.92 Å². The maximum Gasteiger partial charge on any atom is 0.310 e. The first kappa shape index (κ1) is 9.50. The number of esters is 1. The monoisotopic (exact) mass is 184 g/mol. The molecule has 1 rings (SSSR count). The zero-order valence-corrected chi connectivity index (χ0v) is 7.57. The highest BCUT2D eigenvalue weighted by Crippen LogP contribution is 1.99. The van der Waals surface area contributed by atoms with E-state index in [1.807, 2.05) is 0 Å². The van der Waals surface area contributed by atoms with E-state index in [2.05, 4.69) is 25.2 Å². The van der Waals surface area contributed by atoms with Gasteiger partial charge in [-0.2, -0.15) is 5.10 Å². The Morgan fingerprint density at radius 2 is 2.62 bits per heavy atom. The van der Waals surface area contributed by atoms with Gasteiger partial charge in [0.05, 0.1) is 13.0 Å². The smallest absolute Gasteiger partial charge is 0.310 e. The fraction of sp³-hybridized carbons (Fsp3) is 0.571. The summed E-state index contributed by atoms with van der Waals surface area (Å²) < 4.78 is 4.56. The van der Waals surface area contributed by atoms with E-state index in [1.165, 1.54) is 13.4 Å². The molecule has 0 aromatic carbocycles. The van der Waals surface area contributed by atoms with Gasteiger partial charge >= 0.3 is 5.97 Å². The SMILES string of the molecule is COC(=O)C(C)CNc1ncn[nH]1. The van der Waals surface area contributed by atoms with E-state index in [4.69, 9.17) is 0 Å². The molecule has 1 atom stereocenters. The van der Waals surface area contributed by atoms with Crippen molar-refractivity contribution < 1.29 is 9.53 Å². The summed E-state index contributed by atoms with van der Waals surface area (Å²) in [6, 6.07) is 0. The van der Waals surface area contributed by atoms with E-state index < -0.39 is 0 Å². The Bertz CT molecular complexity index is 259. The van der Waals surface area contributed by atoms with Crippen molar-refractivity contribution in [2.45, 2.75) is 6.92 Å².